The van der Waals surface area contributed by atoms with E-state index in [2.05, 4.69) is 10.5 Å². The van der Waals surface area contributed by atoms with E-state index in [-0.39, 0.29) is 11.9 Å². The van der Waals surface area contributed by atoms with Gasteiger partial charge in [-0.3, -0.25) is 4.79 Å². The van der Waals surface area contributed by atoms with Crippen molar-refractivity contribution in [2.75, 3.05) is 12.8 Å². The summed E-state index contributed by atoms with van der Waals surface area (Å²) in [6.45, 7) is 5.55. The molecule has 0 radical (unpaired) electrons. The topological polar surface area (TPSA) is 90.4 Å². The highest BCUT2D eigenvalue weighted by molar-refractivity contribution is 5.95. The summed E-state index contributed by atoms with van der Waals surface area (Å²) in [7, 11) is 1.53. The summed E-state index contributed by atoms with van der Waals surface area (Å²) in [4.78, 5) is 12.3. The fraction of sp³-hybridized carbons (Fsp3) is 0.333. The Balaban J connectivity index is 2.20. The molecule has 0 bridgehead atoms. The second kappa shape index (κ2) is 5.87. The molecule has 0 spiro atoms. The minimum atomic E-state index is -0.229. The first-order valence-corrected chi connectivity index (χ1v) is 6.60. The SMILES string of the molecule is COc1cc(N)cc(C(=O)NC(C)c2c(C)noc2C)c1. The highest BCUT2D eigenvalue weighted by Crippen LogP contribution is 2.23. The van der Waals surface area contributed by atoms with Crippen molar-refractivity contribution in [1.82, 2.24) is 10.5 Å². The van der Waals surface area contributed by atoms with Gasteiger partial charge >= 0.3 is 0 Å². The predicted molar refractivity (Wildman–Crippen MR) is 79.3 cm³/mol. The molecule has 2 aromatic rings. The van der Waals surface area contributed by atoms with Crippen molar-refractivity contribution >= 4 is 11.6 Å². The van der Waals surface area contributed by atoms with E-state index in [0.717, 1.165) is 11.3 Å². The van der Waals surface area contributed by atoms with Crippen LogP contribution in [0.4, 0.5) is 5.69 Å². The van der Waals surface area contributed by atoms with Gasteiger partial charge in [-0.05, 0) is 32.9 Å². The van der Waals surface area contributed by atoms with Crippen LogP contribution in [0.2, 0.25) is 0 Å². The van der Waals surface area contributed by atoms with Gasteiger partial charge < -0.3 is 20.3 Å². The van der Waals surface area contributed by atoms with Gasteiger partial charge in [-0.2, -0.15) is 0 Å². The Hall–Kier alpha value is -2.50. The molecule has 0 aliphatic carbocycles. The van der Waals surface area contributed by atoms with Crippen molar-refractivity contribution in [3.8, 4) is 5.75 Å². The van der Waals surface area contributed by atoms with Crippen molar-refractivity contribution in [3.63, 3.8) is 0 Å². The molecule has 112 valence electrons. The third-order valence-electron chi connectivity index (χ3n) is 3.30. The summed E-state index contributed by atoms with van der Waals surface area (Å²) in [6, 6.07) is 4.70. The lowest BCUT2D eigenvalue weighted by molar-refractivity contribution is 0.0939. The van der Waals surface area contributed by atoms with Crippen molar-refractivity contribution in [2.24, 2.45) is 0 Å². The zero-order valence-corrected chi connectivity index (χ0v) is 12.6. The van der Waals surface area contributed by atoms with Crippen LogP contribution in [0.25, 0.3) is 0 Å². The van der Waals surface area contributed by atoms with Gasteiger partial charge in [0.15, 0.2) is 0 Å². The number of methoxy groups -OCH3 is 1. The number of nitrogens with two attached hydrogens (primary N) is 1. The van der Waals surface area contributed by atoms with E-state index in [1.54, 1.807) is 18.2 Å². The molecular weight excluding hydrogens is 270 g/mol. The molecule has 1 amide bonds. The fourth-order valence-electron chi connectivity index (χ4n) is 2.33. The second-order valence-corrected chi connectivity index (χ2v) is 4.93. The molecule has 2 rings (SSSR count). The smallest absolute Gasteiger partial charge is 0.251 e. The van der Waals surface area contributed by atoms with Gasteiger partial charge in [0.2, 0.25) is 0 Å². The highest BCUT2D eigenvalue weighted by atomic mass is 16.5. The Kier molecular flexibility index (Phi) is 4.16. The monoisotopic (exact) mass is 289 g/mol. The van der Waals surface area contributed by atoms with Crippen LogP contribution in [0.15, 0.2) is 22.7 Å². The predicted octanol–water partition coefficient (Wildman–Crippen LogP) is 2.37. The Labute approximate surface area is 123 Å². The first-order valence-electron chi connectivity index (χ1n) is 6.60. The summed E-state index contributed by atoms with van der Waals surface area (Å²) in [5.41, 5.74) is 8.34. The Morgan fingerprint density at radius 3 is 2.67 bits per heavy atom. The average Bonchev–Trinajstić information content (AvgIpc) is 2.77. The summed E-state index contributed by atoms with van der Waals surface area (Å²) in [6.07, 6.45) is 0. The zero-order chi connectivity index (χ0) is 15.6. The molecule has 0 aliphatic heterocycles. The lowest BCUT2D eigenvalue weighted by Crippen LogP contribution is -2.27. The lowest BCUT2D eigenvalue weighted by atomic mass is 10.1. The molecule has 1 atom stereocenters. The molecule has 0 fully saturated rings. The van der Waals surface area contributed by atoms with Crippen LogP contribution < -0.4 is 15.8 Å². The van der Waals surface area contributed by atoms with Gasteiger partial charge in [-0.15, -0.1) is 0 Å². The van der Waals surface area contributed by atoms with Gasteiger partial charge in [0.1, 0.15) is 11.5 Å². The number of amides is 1. The lowest BCUT2D eigenvalue weighted by Gasteiger charge is -2.14. The Morgan fingerprint density at radius 1 is 1.38 bits per heavy atom. The van der Waals surface area contributed by atoms with Crippen molar-refractivity contribution in [2.45, 2.75) is 26.8 Å². The number of aryl methyl sites for hydroxylation is 2. The maximum atomic E-state index is 12.3. The van der Waals surface area contributed by atoms with E-state index < -0.39 is 0 Å². The average molecular weight is 289 g/mol. The molecule has 21 heavy (non-hydrogen) atoms. The number of carbonyl (C=O) groups is 1. The van der Waals surface area contributed by atoms with E-state index in [4.69, 9.17) is 15.0 Å². The van der Waals surface area contributed by atoms with E-state index in [1.165, 1.54) is 7.11 Å². The first kappa shape index (κ1) is 14.9. The molecule has 0 saturated carbocycles. The quantitative estimate of drug-likeness (QED) is 0.843. The summed E-state index contributed by atoms with van der Waals surface area (Å²) >= 11 is 0. The van der Waals surface area contributed by atoms with E-state index in [1.807, 2.05) is 20.8 Å². The summed E-state index contributed by atoms with van der Waals surface area (Å²) in [5.74, 6) is 1.02. The third-order valence-corrected chi connectivity index (χ3v) is 3.30. The number of nitrogens with one attached hydrogen (secondary N) is 1. The van der Waals surface area contributed by atoms with Gasteiger partial charge in [0.25, 0.3) is 5.91 Å². The van der Waals surface area contributed by atoms with Crippen LogP contribution in [0.1, 0.15) is 40.3 Å². The van der Waals surface area contributed by atoms with E-state index in [0.29, 0.717) is 22.8 Å². The molecule has 1 heterocycles. The number of anilines is 1. The van der Waals surface area contributed by atoms with Gasteiger partial charge in [0, 0.05) is 22.9 Å². The maximum absolute atomic E-state index is 12.3. The molecule has 1 aromatic heterocycles. The molecule has 0 aliphatic rings. The molecular formula is C15H19N3O3. The largest absolute Gasteiger partial charge is 0.497 e. The van der Waals surface area contributed by atoms with Crippen LogP contribution in [0.3, 0.4) is 0 Å². The zero-order valence-electron chi connectivity index (χ0n) is 12.6. The fourth-order valence-corrected chi connectivity index (χ4v) is 2.33. The number of aromatic nitrogens is 1. The van der Waals surface area contributed by atoms with Crippen molar-refractivity contribution < 1.29 is 14.1 Å². The molecule has 1 unspecified atom stereocenters. The van der Waals surface area contributed by atoms with Gasteiger partial charge in [0.05, 0.1) is 18.8 Å². The number of benzene rings is 1. The molecule has 1 aromatic carbocycles. The van der Waals surface area contributed by atoms with Gasteiger partial charge in [-0.25, -0.2) is 0 Å². The molecule has 6 heteroatoms. The number of nitrogens with zero attached hydrogens (tertiary/aromatic N) is 1. The van der Waals surface area contributed by atoms with Gasteiger partial charge in [-0.1, -0.05) is 5.16 Å². The summed E-state index contributed by atoms with van der Waals surface area (Å²) < 4.78 is 10.2. The van der Waals surface area contributed by atoms with Crippen LogP contribution >= 0.6 is 0 Å². The van der Waals surface area contributed by atoms with Crippen LogP contribution in [0.5, 0.6) is 5.75 Å². The Bertz CT molecular complexity index is 645. The van der Waals surface area contributed by atoms with Crippen molar-refractivity contribution in [1.29, 1.82) is 0 Å². The third kappa shape index (κ3) is 3.16. The molecule has 3 N–H and O–H groups in total. The number of rotatable bonds is 4. The highest BCUT2D eigenvalue weighted by Gasteiger charge is 2.19. The van der Waals surface area contributed by atoms with E-state index in [9.17, 15) is 4.79 Å². The summed E-state index contributed by atoms with van der Waals surface area (Å²) in [5, 5.41) is 6.80. The number of hydrogen-bond donors (Lipinski definition) is 2. The van der Waals surface area contributed by atoms with Crippen LogP contribution in [-0.2, 0) is 0 Å². The number of hydrogen-bond acceptors (Lipinski definition) is 5. The van der Waals surface area contributed by atoms with E-state index >= 15 is 0 Å². The second-order valence-electron chi connectivity index (χ2n) is 4.93. The standard InChI is InChI=1S/C15H19N3O3/c1-8(14-9(2)18-21-10(14)3)17-15(19)11-5-12(16)7-13(6-11)20-4/h5-8H,16H2,1-4H3,(H,17,19). The normalized spacial score (nSPS) is 12.0. The minimum absolute atomic E-state index is 0.212. The van der Waals surface area contributed by atoms with Crippen molar-refractivity contribution in [3.05, 3.63) is 40.8 Å². The first-order chi connectivity index (χ1) is 9.92. The minimum Gasteiger partial charge on any atom is -0.497 e. The number of nitrogen functional groups attached to an aromatic ring is 1. The van der Waals surface area contributed by atoms with Crippen LogP contribution in [-0.4, -0.2) is 18.2 Å². The Morgan fingerprint density at radius 2 is 2.10 bits per heavy atom. The maximum Gasteiger partial charge on any atom is 0.251 e. The number of ether oxygens (including phenoxy) is 1. The van der Waals surface area contributed by atoms with Crippen LogP contribution in [0, 0.1) is 13.8 Å². The number of carbonyl (C=O) groups excluding carboxylic acids is 1. The molecule has 0 saturated heterocycles. The molecule has 6 nitrogen and oxygen atoms in total.